The number of thioether (sulfide) groups is 1. The smallest absolute Gasteiger partial charge is 0.0907 e. The summed E-state index contributed by atoms with van der Waals surface area (Å²) in [6.07, 6.45) is 7.09. The van der Waals surface area contributed by atoms with Crippen molar-refractivity contribution in [2.24, 2.45) is 0 Å². The second-order valence-electron chi connectivity index (χ2n) is 4.96. The summed E-state index contributed by atoms with van der Waals surface area (Å²) in [6, 6.07) is 6.18. The molecule has 110 valence electrons. The predicted molar refractivity (Wildman–Crippen MR) is 94.1 cm³/mol. The van der Waals surface area contributed by atoms with Gasteiger partial charge >= 0.3 is 0 Å². The van der Waals surface area contributed by atoms with E-state index in [0.29, 0.717) is 0 Å². The van der Waals surface area contributed by atoms with Crippen molar-refractivity contribution < 1.29 is 0 Å². The van der Waals surface area contributed by atoms with Crippen LogP contribution >= 0.6 is 23.1 Å². The highest BCUT2D eigenvalue weighted by atomic mass is 32.2. The van der Waals surface area contributed by atoms with E-state index in [4.69, 9.17) is 0 Å². The molecule has 0 spiro atoms. The number of hydrogen-bond acceptors (Lipinski definition) is 3. The van der Waals surface area contributed by atoms with E-state index in [1.165, 1.54) is 41.2 Å². The third-order valence-corrected chi connectivity index (χ3v) is 5.20. The van der Waals surface area contributed by atoms with Crippen molar-refractivity contribution in [2.75, 3.05) is 5.75 Å². The zero-order valence-corrected chi connectivity index (χ0v) is 14.3. The maximum atomic E-state index is 4.20. The van der Waals surface area contributed by atoms with Gasteiger partial charge in [-0.05, 0) is 48.6 Å². The van der Waals surface area contributed by atoms with Crippen LogP contribution in [0.1, 0.15) is 48.7 Å². The fraction of sp³-hybridized carbons (Fsp3) is 0.389. The topological polar surface area (TPSA) is 12.9 Å². The number of aryl methyl sites for hydroxylation is 1. The van der Waals surface area contributed by atoms with Crippen LogP contribution in [0.4, 0.5) is 0 Å². The first kappa shape index (κ1) is 16.1. The molecule has 2 aromatic rings. The Bertz CT molecular complexity index is 619. The first-order valence-electron chi connectivity index (χ1n) is 7.44. The van der Waals surface area contributed by atoms with Crippen LogP contribution in [0.25, 0.3) is 0 Å². The number of nitrogens with zero attached hydrogens (tertiary/aromatic N) is 1. The van der Waals surface area contributed by atoms with E-state index >= 15 is 0 Å². The molecule has 0 bridgehead atoms. The number of unbranched alkanes of at least 4 members (excludes halogenated alkanes) is 3. The van der Waals surface area contributed by atoms with Gasteiger partial charge in [-0.3, -0.25) is 4.98 Å². The van der Waals surface area contributed by atoms with Gasteiger partial charge in [0.15, 0.2) is 0 Å². The molecule has 2 aromatic heterocycles. The van der Waals surface area contributed by atoms with Crippen LogP contribution in [0.15, 0.2) is 34.7 Å². The van der Waals surface area contributed by atoms with Gasteiger partial charge in [-0.1, -0.05) is 32.1 Å². The van der Waals surface area contributed by atoms with Gasteiger partial charge < -0.3 is 0 Å². The second-order valence-corrected chi connectivity index (χ2v) is 7.01. The average molecular weight is 316 g/mol. The monoisotopic (exact) mass is 315 g/mol. The first-order chi connectivity index (χ1) is 10.3. The summed E-state index contributed by atoms with van der Waals surface area (Å²) in [5, 5.41) is 2.14. The van der Waals surface area contributed by atoms with Crippen molar-refractivity contribution >= 4 is 23.1 Å². The third kappa shape index (κ3) is 5.57. The van der Waals surface area contributed by atoms with E-state index in [0.717, 1.165) is 11.3 Å². The summed E-state index contributed by atoms with van der Waals surface area (Å²) in [4.78, 5) is 6.71. The Morgan fingerprint density at radius 2 is 2.10 bits per heavy atom. The lowest BCUT2D eigenvalue weighted by atomic mass is 10.2. The van der Waals surface area contributed by atoms with Crippen LogP contribution in [0.3, 0.4) is 0 Å². The molecule has 1 nitrogen and oxygen atoms in total. The maximum Gasteiger partial charge on any atom is 0.0907 e. The van der Waals surface area contributed by atoms with Crippen molar-refractivity contribution in [1.29, 1.82) is 0 Å². The van der Waals surface area contributed by atoms with E-state index in [1.807, 2.05) is 37.0 Å². The molecule has 0 saturated heterocycles. The summed E-state index contributed by atoms with van der Waals surface area (Å²) in [5.74, 6) is 7.75. The SMILES string of the molecule is CCCCCCSc1ccsc1C#Cc1ccnc(C)c1. The highest BCUT2D eigenvalue weighted by Gasteiger charge is 2.02. The van der Waals surface area contributed by atoms with Crippen LogP contribution in [-0.4, -0.2) is 10.7 Å². The molecular weight excluding hydrogens is 294 g/mol. The summed E-state index contributed by atoms with van der Waals surface area (Å²) < 4.78 is 0. The molecule has 2 rings (SSSR count). The molecule has 0 amide bonds. The van der Waals surface area contributed by atoms with Crippen LogP contribution in [-0.2, 0) is 0 Å². The van der Waals surface area contributed by atoms with E-state index in [9.17, 15) is 0 Å². The zero-order valence-electron chi connectivity index (χ0n) is 12.7. The molecule has 2 heterocycles. The first-order valence-corrected chi connectivity index (χ1v) is 9.31. The van der Waals surface area contributed by atoms with E-state index in [2.05, 4.69) is 35.2 Å². The third-order valence-electron chi connectivity index (χ3n) is 3.10. The molecule has 0 radical (unpaired) electrons. The number of thiophene rings is 1. The maximum absolute atomic E-state index is 4.20. The van der Waals surface area contributed by atoms with Crippen LogP contribution in [0.5, 0.6) is 0 Å². The van der Waals surface area contributed by atoms with Gasteiger partial charge in [0.1, 0.15) is 0 Å². The minimum atomic E-state index is 1.01. The fourth-order valence-electron chi connectivity index (χ4n) is 1.97. The second kappa shape index (κ2) is 8.92. The van der Waals surface area contributed by atoms with Crippen molar-refractivity contribution in [3.05, 3.63) is 45.9 Å². The minimum absolute atomic E-state index is 1.01. The number of rotatable bonds is 6. The summed E-state index contributed by atoms with van der Waals surface area (Å²) in [7, 11) is 0. The quantitative estimate of drug-likeness (QED) is 0.395. The lowest BCUT2D eigenvalue weighted by Crippen LogP contribution is -1.82. The van der Waals surface area contributed by atoms with Crippen LogP contribution in [0.2, 0.25) is 0 Å². The average Bonchev–Trinajstić information content (AvgIpc) is 2.92. The van der Waals surface area contributed by atoms with Crippen LogP contribution < -0.4 is 0 Å². The molecule has 0 aliphatic carbocycles. The summed E-state index contributed by atoms with van der Waals surface area (Å²) in [6.45, 7) is 4.24. The normalized spacial score (nSPS) is 10.2. The molecule has 0 fully saturated rings. The molecular formula is C18H21NS2. The van der Waals surface area contributed by atoms with E-state index in [1.54, 1.807) is 11.3 Å². The number of pyridine rings is 1. The van der Waals surface area contributed by atoms with Gasteiger partial charge in [0.05, 0.1) is 4.88 Å². The molecule has 0 N–H and O–H groups in total. The minimum Gasteiger partial charge on any atom is -0.262 e. The van der Waals surface area contributed by atoms with Gasteiger partial charge in [0.2, 0.25) is 0 Å². The van der Waals surface area contributed by atoms with Gasteiger partial charge in [0, 0.05) is 22.3 Å². The Morgan fingerprint density at radius 3 is 2.90 bits per heavy atom. The van der Waals surface area contributed by atoms with E-state index < -0.39 is 0 Å². The number of aromatic nitrogens is 1. The molecule has 0 aliphatic heterocycles. The molecule has 0 saturated carbocycles. The lowest BCUT2D eigenvalue weighted by Gasteiger charge is -1.99. The molecule has 0 aromatic carbocycles. The Balaban J connectivity index is 1.94. The van der Waals surface area contributed by atoms with Crippen molar-refractivity contribution in [1.82, 2.24) is 4.98 Å². The van der Waals surface area contributed by atoms with Crippen molar-refractivity contribution in [3.63, 3.8) is 0 Å². The largest absolute Gasteiger partial charge is 0.262 e. The van der Waals surface area contributed by atoms with Crippen molar-refractivity contribution in [2.45, 2.75) is 44.4 Å². The molecule has 3 heteroatoms. The molecule has 21 heavy (non-hydrogen) atoms. The van der Waals surface area contributed by atoms with E-state index in [-0.39, 0.29) is 0 Å². The number of hydrogen-bond donors (Lipinski definition) is 0. The van der Waals surface area contributed by atoms with Gasteiger partial charge in [-0.2, -0.15) is 0 Å². The standard InChI is InChI=1S/C18H21NS2/c1-3-4-5-6-12-20-18-10-13-21-17(18)8-7-16-9-11-19-15(2)14-16/h9-11,13-14H,3-6,12H2,1-2H3. The zero-order chi connectivity index (χ0) is 14.9. The fourth-order valence-corrected chi connectivity index (χ4v) is 3.92. The Morgan fingerprint density at radius 1 is 1.19 bits per heavy atom. The summed E-state index contributed by atoms with van der Waals surface area (Å²) >= 11 is 3.67. The van der Waals surface area contributed by atoms with Crippen LogP contribution in [0, 0.1) is 18.8 Å². The highest BCUT2D eigenvalue weighted by molar-refractivity contribution is 7.99. The summed E-state index contributed by atoms with van der Waals surface area (Å²) in [5.41, 5.74) is 2.05. The molecule has 0 unspecified atom stereocenters. The van der Waals surface area contributed by atoms with Gasteiger partial charge in [0.25, 0.3) is 0 Å². The Labute approximate surface area is 136 Å². The van der Waals surface area contributed by atoms with Crippen molar-refractivity contribution in [3.8, 4) is 11.8 Å². The highest BCUT2D eigenvalue weighted by Crippen LogP contribution is 2.27. The van der Waals surface area contributed by atoms with Gasteiger partial charge in [-0.25, -0.2) is 0 Å². The Kier molecular flexibility index (Phi) is 6.85. The molecule has 0 atom stereocenters. The Hall–Kier alpha value is -1.24. The van der Waals surface area contributed by atoms with Gasteiger partial charge in [-0.15, -0.1) is 23.1 Å². The molecule has 0 aliphatic rings. The lowest BCUT2D eigenvalue weighted by molar-refractivity contribution is 0.706. The predicted octanol–water partition coefficient (Wildman–Crippen LogP) is 5.52.